The van der Waals surface area contributed by atoms with Gasteiger partial charge in [0.05, 0.1) is 13.1 Å². The Kier molecular flexibility index (Phi) is 29.0. The quantitative estimate of drug-likeness (QED) is 0.139. The lowest BCUT2D eigenvalue weighted by Gasteiger charge is -2.15. The van der Waals surface area contributed by atoms with Gasteiger partial charge in [-0.1, -0.05) is 66.7 Å². The average molecular weight is 568 g/mol. The highest BCUT2D eigenvalue weighted by molar-refractivity contribution is 5.85. The van der Waals surface area contributed by atoms with Gasteiger partial charge in [-0.3, -0.25) is 9.59 Å². The molecule has 0 saturated carbocycles. The lowest BCUT2D eigenvalue weighted by atomic mass is 10.1. The second-order valence-electron chi connectivity index (χ2n) is 8.45. The third kappa shape index (κ3) is 23.4. The number of amides is 2. The van der Waals surface area contributed by atoms with Gasteiger partial charge in [-0.2, -0.15) is 4.98 Å². The minimum atomic E-state index is -0.434. The Balaban J connectivity index is -0.000000865. The zero-order chi connectivity index (χ0) is 32.1. The summed E-state index contributed by atoms with van der Waals surface area (Å²) in [6, 6.07) is 9.37. The molecule has 0 spiro atoms. The van der Waals surface area contributed by atoms with E-state index in [1.165, 1.54) is 0 Å². The van der Waals surface area contributed by atoms with Crippen LogP contribution in [0.2, 0.25) is 0 Å². The molecule has 226 valence electrons. The minimum Gasteiger partial charge on any atom is -0.346 e. The summed E-state index contributed by atoms with van der Waals surface area (Å²) >= 11 is 0. The van der Waals surface area contributed by atoms with Crippen molar-refractivity contribution >= 4 is 11.8 Å². The number of aromatic nitrogens is 2. The standard InChI is InChI=1S/C18H26N6O3.C6H10.C3H9N.2C2H2/c19-9-5-4-8-14(22-17(26)12-21-16(25)11-20)18-23-15(24-27-18)10-13-6-2-1-3-7-13;1-5(2)6(3)4;1-2-3-4;2*1-2/h1-3,6-7,14H,4-5,8-12,19-20H2,(H,21,25)(H,22,26);1,3H2,2,4H3;2-4H2,1H3;2*1-2H/t14-;;;;/m0..../s1. The zero-order valence-electron chi connectivity index (χ0n) is 24.9. The molecular formula is C31H49N7O3. The normalized spacial score (nSPS) is 9.71. The number of unbranched alkanes of at least 4 members (excludes halogenated alkanes) is 1. The monoisotopic (exact) mass is 567 g/mol. The van der Waals surface area contributed by atoms with Crippen LogP contribution < -0.4 is 27.8 Å². The van der Waals surface area contributed by atoms with Crippen LogP contribution >= 0.6 is 0 Å². The molecule has 0 saturated heterocycles. The number of nitrogens with one attached hydrogen (secondary N) is 2. The van der Waals surface area contributed by atoms with Crippen molar-refractivity contribution in [2.75, 3.05) is 26.2 Å². The summed E-state index contributed by atoms with van der Waals surface area (Å²) in [6.45, 7) is 14.3. The minimum absolute atomic E-state index is 0.158. The Morgan fingerprint density at radius 2 is 1.51 bits per heavy atom. The van der Waals surface area contributed by atoms with E-state index in [9.17, 15) is 9.59 Å². The Labute approximate surface area is 246 Å². The van der Waals surface area contributed by atoms with Crippen LogP contribution in [0.1, 0.15) is 69.8 Å². The Morgan fingerprint density at radius 1 is 0.951 bits per heavy atom. The van der Waals surface area contributed by atoms with Gasteiger partial charge in [-0.05, 0) is 58.2 Å². The SMILES string of the molecule is C#C.C#C.C=C(C)C(=C)C.CCCN.NCCCC[C@H](NC(=O)CNC(=O)CN)c1nc(Cc2ccccc2)no1. The predicted octanol–water partition coefficient (Wildman–Crippen LogP) is 3.01. The largest absolute Gasteiger partial charge is 0.346 e. The van der Waals surface area contributed by atoms with Gasteiger partial charge >= 0.3 is 0 Å². The number of rotatable bonds is 13. The van der Waals surface area contributed by atoms with Gasteiger partial charge in [-0.15, -0.1) is 25.7 Å². The molecule has 2 amide bonds. The average Bonchev–Trinajstić information content (AvgIpc) is 3.46. The van der Waals surface area contributed by atoms with E-state index in [1.54, 1.807) is 0 Å². The predicted molar refractivity (Wildman–Crippen MR) is 168 cm³/mol. The molecule has 2 aromatic rings. The Hall–Kier alpha value is -4.22. The van der Waals surface area contributed by atoms with Crippen LogP contribution in [0.4, 0.5) is 0 Å². The van der Waals surface area contributed by atoms with Crippen molar-refractivity contribution in [3.05, 3.63) is 71.9 Å². The maximum atomic E-state index is 12.1. The second-order valence-corrected chi connectivity index (χ2v) is 8.45. The topological polar surface area (TPSA) is 175 Å². The van der Waals surface area contributed by atoms with Crippen molar-refractivity contribution in [1.82, 2.24) is 20.8 Å². The third-order valence-electron chi connectivity index (χ3n) is 4.92. The summed E-state index contributed by atoms with van der Waals surface area (Å²) < 4.78 is 5.36. The molecule has 0 bridgehead atoms. The molecule has 8 N–H and O–H groups in total. The van der Waals surface area contributed by atoms with Crippen molar-refractivity contribution < 1.29 is 14.1 Å². The molecule has 1 aromatic carbocycles. The summed E-state index contributed by atoms with van der Waals surface area (Å²) in [4.78, 5) is 27.7. The van der Waals surface area contributed by atoms with E-state index in [-0.39, 0.29) is 19.0 Å². The number of carbonyl (C=O) groups excluding carboxylic acids is 2. The van der Waals surface area contributed by atoms with Gasteiger partial charge in [0.25, 0.3) is 0 Å². The van der Waals surface area contributed by atoms with Crippen LogP contribution in [-0.2, 0) is 16.0 Å². The summed E-state index contributed by atoms with van der Waals surface area (Å²) in [5.41, 5.74) is 19.0. The van der Waals surface area contributed by atoms with Crippen molar-refractivity contribution in [1.29, 1.82) is 0 Å². The molecule has 0 aliphatic carbocycles. The highest BCUT2D eigenvalue weighted by Gasteiger charge is 2.21. The van der Waals surface area contributed by atoms with E-state index < -0.39 is 11.9 Å². The van der Waals surface area contributed by atoms with Crippen LogP contribution in [-0.4, -0.2) is 48.1 Å². The molecule has 10 nitrogen and oxygen atoms in total. The smallest absolute Gasteiger partial charge is 0.249 e. The molecule has 1 atom stereocenters. The maximum absolute atomic E-state index is 12.1. The van der Waals surface area contributed by atoms with Gasteiger partial charge in [-0.25, -0.2) is 0 Å². The van der Waals surface area contributed by atoms with Crippen molar-refractivity contribution in [3.8, 4) is 25.7 Å². The number of hydrogen-bond acceptors (Lipinski definition) is 8. The summed E-state index contributed by atoms with van der Waals surface area (Å²) in [5, 5.41) is 9.26. The molecule has 2 rings (SSSR count). The number of nitrogens with zero attached hydrogens (tertiary/aromatic N) is 2. The van der Waals surface area contributed by atoms with Crippen LogP contribution in [0, 0.1) is 25.7 Å². The fraction of sp³-hybridized carbons (Fsp3) is 0.419. The summed E-state index contributed by atoms with van der Waals surface area (Å²) in [7, 11) is 0. The molecule has 41 heavy (non-hydrogen) atoms. The number of terminal acetylenes is 2. The first-order valence-corrected chi connectivity index (χ1v) is 13.2. The Bertz CT molecular complexity index is 994. The van der Waals surface area contributed by atoms with Crippen molar-refractivity contribution in [2.24, 2.45) is 17.2 Å². The second kappa shape index (κ2) is 28.8. The van der Waals surface area contributed by atoms with Crippen molar-refractivity contribution in [2.45, 2.75) is 58.9 Å². The molecule has 0 radical (unpaired) electrons. The molecule has 1 heterocycles. The van der Waals surface area contributed by atoms with Gasteiger partial charge in [0.2, 0.25) is 17.7 Å². The molecule has 1 aromatic heterocycles. The molecular weight excluding hydrogens is 518 g/mol. The number of carbonyl (C=O) groups is 2. The maximum Gasteiger partial charge on any atom is 0.249 e. The van der Waals surface area contributed by atoms with Crippen LogP contribution in [0.15, 0.2) is 59.2 Å². The van der Waals surface area contributed by atoms with E-state index in [1.807, 2.05) is 44.2 Å². The first kappa shape index (κ1) is 41.3. The van der Waals surface area contributed by atoms with E-state index in [0.29, 0.717) is 31.1 Å². The highest BCUT2D eigenvalue weighted by atomic mass is 16.5. The van der Waals surface area contributed by atoms with Crippen LogP contribution in [0.5, 0.6) is 0 Å². The fourth-order valence-corrected chi connectivity index (χ4v) is 2.51. The first-order valence-electron chi connectivity index (χ1n) is 13.2. The van der Waals surface area contributed by atoms with E-state index in [0.717, 1.165) is 42.5 Å². The third-order valence-corrected chi connectivity index (χ3v) is 4.92. The Morgan fingerprint density at radius 3 is 1.98 bits per heavy atom. The van der Waals surface area contributed by atoms with Gasteiger partial charge in [0.1, 0.15) is 6.04 Å². The highest BCUT2D eigenvalue weighted by Crippen LogP contribution is 2.18. The van der Waals surface area contributed by atoms with E-state index in [4.69, 9.17) is 21.7 Å². The molecule has 0 aliphatic heterocycles. The number of hydrogen-bond donors (Lipinski definition) is 5. The van der Waals surface area contributed by atoms with E-state index in [2.05, 4.69) is 66.5 Å². The van der Waals surface area contributed by atoms with Crippen LogP contribution in [0.25, 0.3) is 0 Å². The van der Waals surface area contributed by atoms with E-state index >= 15 is 0 Å². The van der Waals surface area contributed by atoms with Crippen LogP contribution in [0.3, 0.4) is 0 Å². The lowest BCUT2D eigenvalue weighted by Crippen LogP contribution is -2.40. The molecule has 0 fully saturated rings. The summed E-state index contributed by atoms with van der Waals surface area (Å²) in [5.74, 6) is 0.146. The van der Waals surface area contributed by atoms with Gasteiger partial charge in [0.15, 0.2) is 5.82 Å². The van der Waals surface area contributed by atoms with Gasteiger partial charge in [0, 0.05) is 6.42 Å². The van der Waals surface area contributed by atoms with Crippen molar-refractivity contribution in [3.63, 3.8) is 0 Å². The number of nitrogens with two attached hydrogens (primary N) is 3. The first-order chi connectivity index (χ1) is 19.7. The zero-order valence-corrected chi connectivity index (χ0v) is 24.9. The number of allylic oxidation sites excluding steroid dienone is 2. The summed E-state index contributed by atoms with van der Waals surface area (Å²) in [6.07, 6.45) is 19.9. The molecule has 0 aliphatic rings. The fourth-order valence-electron chi connectivity index (χ4n) is 2.51. The lowest BCUT2D eigenvalue weighted by molar-refractivity contribution is -0.125. The molecule has 0 unspecified atom stereocenters. The van der Waals surface area contributed by atoms with Gasteiger partial charge < -0.3 is 32.4 Å². The number of benzene rings is 1. The molecule has 10 heteroatoms.